The van der Waals surface area contributed by atoms with Gasteiger partial charge in [0.1, 0.15) is 11.6 Å². The highest BCUT2D eigenvalue weighted by Gasteiger charge is 2.76. The number of alkyl halides is 1. The summed E-state index contributed by atoms with van der Waals surface area (Å²) in [5, 5.41) is 9.28. The molecule has 1 spiro atoms. The predicted molar refractivity (Wildman–Crippen MR) is 162 cm³/mol. The number of benzene rings is 1. The Balaban J connectivity index is 1.70. The first-order valence-electron chi connectivity index (χ1n) is 14.9. The molecule has 3 amide bonds. The second kappa shape index (κ2) is 14.1. The van der Waals surface area contributed by atoms with Crippen LogP contribution in [0.3, 0.4) is 0 Å². The number of nitrogens with zero attached hydrogens (tertiary/aromatic N) is 3. The van der Waals surface area contributed by atoms with E-state index in [0.717, 1.165) is 24.8 Å². The van der Waals surface area contributed by atoms with Gasteiger partial charge in [-0.2, -0.15) is 0 Å². The zero-order valence-corrected chi connectivity index (χ0v) is 25.7. The van der Waals surface area contributed by atoms with Crippen molar-refractivity contribution in [1.82, 2.24) is 14.7 Å². The maximum Gasteiger partial charge on any atom is 0.248 e. The summed E-state index contributed by atoms with van der Waals surface area (Å²) >= 11 is 3.78. The second-order valence-electron chi connectivity index (χ2n) is 11.4. The number of carbonyl (C=O) groups excluding carboxylic acids is 3. The zero-order chi connectivity index (χ0) is 29.6. The van der Waals surface area contributed by atoms with Crippen molar-refractivity contribution in [3.63, 3.8) is 0 Å². The number of carbonyl (C=O) groups is 3. The Labute approximate surface area is 252 Å². The van der Waals surface area contributed by atoms with E-state index in [4.69, 9.17) is 4.74 Å². The molecule has 3 unspecified atom stereocenters. The fourth-order valence-electron chi connectivity index (χ4n) is 6.87. The Morgan fingerprint density at radius 1 is 1.10 bits per heavy atom. The molecular weight excluding hydrogens is 586 g/mol. The van der Waals surface area contributed by atoms with Gasteiger partial charge in [-0.3, -0.25) is 14.4 Å². The van der Waals surface area contributed by atoms with Crippen LogP contribution in [0.25, 0.3) is 0 Å². The molecule has 3 aliphatic heterocycles. The van der Waals surface area contributed by atoms with Crippen LogP contribution in [0, 0.1) is 11.8 Å². The summed E-state index contributed by atoms with van der Waals surface area (Å²) in [6.45, 7) is 12.0. The molecular formula is C32H44BrN3O5. The molecule has 3 saturated heterocycles. The molecule has 2 bridgehead atoms. The van der Waals surface area contributed by atoms with Gasteiger partial charge in [-0.25, -0.2) is 0 Å². The lowest BCUT2D eigenvalue weighted by molar-refractivity contribution is -0.148. The number of rotatable bonds is 16. The Kier molecular flexibility index (Phi) is 10.8. The van der Waals surface area contributed by atoms with E-state index in [2.05, 4.69) is 36.0 Å². The number of fused-ring (bicyclic) bond motifs is 1. The third-order valence-electron chi connectivity index (χ3n) is 8.69. The van der Waals surface area contributed by atoms with E-state index >= 15 is 0 Å². The fourth-order valence-corrected chi connectivity index (χ4v) is 7.82. The van der Waals surface area contributed by atoms with Crippen LogP contribution in [0.5, 0.6) is 0 Å². The van der Waals surface area contributed by atoms with Crippen molar-refractivity contribution < 1.29 is 24.2 Å². The Hall–Kier alpha value is -2.49. The summed E-state index contributed by atoms with van der Waals surface area (Å²) < 4.78 is 6.71. The molecule has 9 heteroatoms. The van der Waals surface area contributed by atoms with Crippen LogP contribution >= 0.6 is 15.9 Å². The third kappa shape index (κ3) is 6.18. The maximum absolute atomic E-state index is 14.3. The van der Waals surface area contributed by atoms with E-state index in [-0.39, 0.29) is 29.2 Å². The van der Waals surface area contributed by atoms with Gasteiger partial charge in [-0.15, -0.1) is 13.2 Å². The number of unbranched alkanes of at least 4 members (excludes halogenated alkanes) is 3. The number of hydrogen-bond donors (Lipinski definition) is 1. The number of halogens is 1. The summed E-state index contributed by atoms with van der Waals surface area (Å²) in [6.07, 6.45) is 7.20. The topological polar surface area (TPSA) is 90.4 Å². The van der Waals surface area contributed by atoms with Crippen molar-refractivity contribution in [1.29, 1.82) is 0 Å². The summed E-state index contributed by atoms with van der Waals surface area (Å²) in [4.78, 5) is 48.0. The molecule has 0 aromatic heterocycles. The molecule has 3 heterocycles. The second-order valence-corrected chi connectivity index (χ2v) is 12.6. The molecule has 1 aromatic carbocycles. The average Bonchev–Trinajstić information content (AvgIpc) is 3.56. The SMILES string of the molecule is C=CCN(CCCC)C(=O)C1N(CCCCCO)C(=O)[C@@H]2[C@H](C(=O)N(CC=C)Cc3ccccc3)[C@H]3OC12CC3Br. The number of amides is 3. The first kappa shape index (κ1) is 31.4. The van der Waals surface area contributed by atoms with E-state index in [1.54, 1.807) is 26.9 Å². The minimum Gasteiger partial charge on any atom is -0.396 e. The zero-order valence-electron chi connectivity index (χ0n) is 24.1. The lowest BCUT2D eigenvalue weighted by Gasteiger charge is -2.37. The van der Waals surface area contributed by atoms with Crippen LogP contribution < -0.4 is 0 Å². The highest BCUT2D eigenvalue weighted by atomic mass is 79.9. The number of hydrogen-bond acceptors (Lipinski definition) is 5. The molecule has 6 atom stereocenters. The highest BCUT2D eigenvalue weighted by molar-refractivity contribution is 9.09. The van der Waals surface area contributed by atoms with Crippen LogP contribution in [-0.4, -0.2) is 92.9 Å². The molecule has 3 aliphatic rings. The number of likely N-dealkylation sites (tertiary alicyclic amines) is 1. The Morgan fingerprint density at radius 3 is 2.46 bits per heavy atom. The molecule has 0 saturated carbocycles. The number of ether oxygens (including phenoxy) is 1. The average molecular weight is 631 g/mol. The molecule has 0 radical (unpaired) electrons. The van der Waals surface area contributed by atoms with Gasteiger partial charge in [-0.1, -0.05) is 71.8 Å². The van der Waals surface area contributed by atoms with E-state index < -0.39 is 29.6 Å². The summed E-state index contributed by atoms with van der Waals surface area (Å²) in [5.74, 6) is -1.91. The van der Waals surface area contributed by atoms with Crippen LogP contribution in [0.4, 0.5) is 0 Å². The van der Waals surface area contributed by atoms with E-state index in [1.807, 2.05) is 30.3 Å². The molecule has 1 aromatic rings. The highest BCUT2D eigenvalue weighted by Crippen LogP contribution is 2.60. The minimum atomic E-state index is -1.08. The van der Waals surface area contributed by atoms with Crippen molar-refractivity contribution in [2.75, 3.05) is 32.8 Å². The lowest BCUT2D eigenvalue weighted by atomic mass is 9.70. The molecule has 41 heavy (non-hydrogen) atoms. The van der Waals surface area contributed by atoms with Crippen LogP contribution in [0.15, 0.2) is 55.6 Å². The summed E-state index contributed by atoms with van der Waals surface area (Å²) in [6, 6.07) is 8.96. The normalized spacial score (nSPS) is 28.0. The van der Waals surface area contributed by atoms with Gasteiger partial charge < -0.3 is 24.5 Å². The predicted octanol–water partition coefficient (Wildman–Crippen LogP) is 3.93. The lowest BCUT2D eigenvalue weighted by Crippen LogP contribution is -2.57. The largest absolute Gasteiger partial charge is 0.396 e. The molecule has 1 N–H and O–H groups in total. The van der Waals surface area contributed by atoms with Crippen molar-refractivity contribution in [3.05, 3.63) is 61.2 Å². The Morgan fingerprint density at radius 2 is 1.80 bits per heavy atom. The molecule has 8 nitrogen and oxygen atoms in total. The number of aliphatic hydroxyl groups excluding tert-OH is 1. The summed E-state index contributed by atoms with van der Waals surface area (Å²) in [7, 11) is 0. The van der Waals surface area contributed by atoms with E-state index in [1.165, 1.54) is 0 Å². The van der Waals surface area contributed by atoms with Gasteiger partial charge in [-0.05, 0) is 37.7 Å². The Bertz CT molecular complexity index is 1100. The monoisotopic (exact) mass is 629 g/mol. The first-order chi connectivity index (χ1) is 19.8. The standard InChI is InChI=1S/C32H44BrN3O5/c1-4-7-18-34(16-5-2)31(40)28-32-21-24(33)27(41-32)25(26(32)30(39)36(28)19-12-9-13-20-37)29(38)35(17-6-3)22-23-14-10-8-11-15-23/h5-6,8,10-11,14-15,24-28,37H,2-4,7,9,12-13,16-22H2,1H3/t24?,25-,26-,27-,28?,32?/m0/s1. The van der Waals surface area contributed by atoms with Crippen LogP contribution in [0.1, 0.15) is 51.0 Å². The van der Waals surface area contributed by atoms with Crippen molar-refractivity contribution in [3.8, 4) is 0 Å². The third-order valence-corrected chi connectivity index (χ3v) is 9.53. The van der Waals surface area contributed by atoms with Gasteiger partial charge in [0.2, 0.25) is 17.7 Å². The van der Waals surface area contributed by atoms with Gasteiger partial charge in [0.25, 0.3) is 0 Å². The van der Waals surface area contributed by atoms with Gasteiger partial charge in [0.15, 0.2) is 0 Å². The first-order valence-corrected chi connectivity index (χ1v) is 15.8. The van der Waals surface area contributed by atoms with Crippen molar-refractivity contribution in [2.24, 2.45) is 11.8 Å². The quantitative estimate of drug-likeness (QED) is 0.170. The van der Waals surface area contributed by atoms with E-state index in [9.17, 15) is 19.5 Å². The van der Waals surface area contributed by atoms with Gasteiger partial charge in [0.05, 0.1) is 17.9 Å². The number of aliphatic hydroxyl groups is 1. The minimum absolute atomic E-state index is 0.0835. The van der Waals surface area contributed by atoms with Crippen LogP contribution in [0.2, 0.25) is 0 Å². The van der Waals surface area contributed by atoms with Crippen molar-refractivity contribution in [2.45, 2.75) is 74.6 Å². The van der Waals surface area contributed by atoms with Crippen LogP contribution in [-0.2, 0) is 25.7 Å². The fraction of sp³-hybridized carbons (Fsp3) is 0.594. The van der Waals surface area contributed by atoms with Crippen molar-refractivity contribution >= 4 is 33.7 Å². The summed E-state index contributed by atoms with van der Waals surface area (Å²) in [5.41, 5.74) is -0.0908. The molecule has 3 fully saturated rings. The molecule has 4 rings (SSSR count). The van der Waals surface area contributed by atoms with Gasteiger partial charge in [0, 0.05) is 44.2 Å². The van der Waals surface area contributed by atoms with Gasteiger partial charge >= 0.3 is 0 Å². The molecule has 224 valence electrons. The molecule has 0 aliphatic carbocycles. The smallest absolute Gasteiger partial charge is 0.248 e. The maximum atomic E-state index is 14.3. The van der Waals surface area contributed by atoms with E-state index in [0.29, 0.717) is 52.0 Å².